The average molecular weight is 270 g/mol. The molecular formula is C8H7BrF3NO. The third-order valence-electron chi connectivity index (χ3n) is 1.65. The average Bonchev–Trinajstić information content (AvgIpc) is 2.07. The molecule has 0 aliphatic carbocycles. The van der Waals surface area contributed by atoms with E-state index in [9.17, 15) is 13.2 Å². The van der Waals surface area contributed by atoms with E-state index in [-0.39, 0.29) is 12.2 Å². The Kier molecular flexibility index (Phi) is 3.52. The molecule has 1 aromatic rings. The molecule has 14 heavy (non-hydrogen) atoms. The second kappa shape index (κ2) is 4.29. The van der Waals surface area contributed by atoms with E-state index in [0.29, 0.717) is 4.47 Å². The van der Waals surface area contributed by atoms with Gasteiger partial charge in [0.25, 0.3) is 0 Å². The number of hydrogen-bond donors (Lipinski definition) is 1. The van der Waals surface area contributed by atoms with Crippen molar-refractivity contribution in [1.82, 2.24) is 0 Å². The summed E-state index contributed by atoms with van der Waals surface area (Å²) in [6.45, 7) is -0.281. The molecule has 0 aliphatic heterocycles. The molecular weight excluding hydrogens is 263 g/mol. The van der Waals surface area contributed by atoms with Crippen LogP contribution in [0, 0.1) is 0 Å². The minimum Gasteiger partial charge on any atom is -0.300 e. The third kappa shape index (κ3) is 2.46. The Morgan fingerprint density at radius 1 is 1.36 bits per heavy atom. The maximum Gasteiger partial charge on any atom is 0.416 e. The van der Waals surface area contributed by atoms with Gasteiger partial charge in [-0.05, 0) is 12.1 Å². The molecule has 0 amide bonds. The summed E-state index contributed by atoms with van der Waals surface area (Å²) >= 11 is 3.01. The molecule has 6 heteroatoms. The molecule has 0 heterocycles. The van der Waals surface area contributed by atoms with Crippen molar-refractivity contribution in [2.45, 2.75) is 12.8 Å². The van der Waals surface area contributed by atoms with Gasteiger partial charge in [-0.15, -0.1) is 0 Å². The van der Waals surface area contributed by atoms with E-state index in [1.807, 2.05) is 0 Å². The van der Waals surface area contributed by atoms with Crippen LogP contribution < -0.4 is 5.90 Å². The van der Waals surface area contributed by atoms with Crippen LogP contribution in [0.3, 0.4) is 0 Å². The summed E-state index contributed by atoms with van der Waals surface area (Å²) in [6.07, 6.45) is -4.39. The summed E-state index contributed by atoms with van der Waals surface area (Å²) in [4.78, 5) is 4.21. The Labute approximate surface area is 86.9 Å². The quantitative estimate of drug-likeness (QED) is 0.838. The van der Waals surface area contributed by atoms with Gasteiger partial charge < -0.3 is 0 Å². The van der Waals surface area contributed by atoms with Crippen molar-refractivity contribution in [3.63, 3.8) is 0 Å². The highest BCUT2D eigenvalue weighted by molar-refractivity contribution is 9.10. The minimum atomic E-state index is -4.39. The Hall–Kier alpha value is -0.590. The molecule has 0 bridgehead atoms. The van der Waals surface area contributed by atoms with Crippen LogP contribution in [0.1, 0.15) is 11.1 Å². The van der Waals surface area contributed by atoms with Crippen LogP contribution in [0.2, 0.25) is 0 Å². The molecule has 1 aromatic carbocycles. The lowest BCUT2D eigenvalue weighted by Crippen LogP contribution is -2.11. The van der Waals surface area contributed by atoms with Crippen molar-refractivity contribution in [1.29, 1.82) is 0 Å². The molecule has 78 valence electrons. The van der Waals surface area contributed by atoms with Crippen molar-refractivity contribution < 1.29 is 18.0 Å². The van der Waals surface area contributed by atoms with Crippen LogP contribution in [0.15, 0.2) is 22.7 Å². The lowest BCUT2D eigenvalue weighted by molar-refractivity contribution is -0.139. The maximum absolute atomic E-state index is 12.4. The van der Waals surface area contributed by atoms with Crippen LogP contribution >= 0.6 is 15.9 Å². The fourth-order valence-electron chi connectivity index (χ4n) is 1.05. The van der Waals surface area contributed by atoms with Crippen LogP contribution in [0.5, 0.6) is 0 Å². The zero-order valence-electron chi connectivity index (χ0n) is 6.94. The molecule has 0 fully saturated rings. The topological polar surface area (TPSA) is 35.2 Å². The monoisotopic (exact) mass is 269 g/mol. The van der Waals surface area contributed by atoms with Crippen molar-refractivity contribution >= 4 is 15.9 Å². The zero-order chi connectivity index (χ0) is 10.8. The molecule has 0 radical (unpaired) electrons. The summed E-state index contributed by atoms with van der Waals surface area (Å²) in [5, 5.41) is 0. The predicted octanol–water partition coefficient (Wildman–Crippen LogP) is 2.86. The van der Waals surface area contributed by atoms with Gasteiger partial charge in [0, 0.05) is 10.0 Å². The number of rotatable bonds is 2. The second-order valence-electron chi connectivity index (χ2n) is 2.57. The lowest BCUT2D eigenvalue weighted by atomic mass is 10.1. The lowest BCUT2D eigenvalue weighted by Gasteiger charge is -2.13. The van der Waals surface area contributed by atoms with Crippen LogP contribution in [0.4, 0.5) is 13.2 Å². The summed E-state index contributed by atoms with van der Waals surface area (Å²) in [7, 11) is 0. The smallest absolute Gasteiger partial charge is 0.300 e. The van der Waals surface area contributed by atoms with Crippen molar-refractivity contribution in [2.75, 3.05) is 0 Å². The Morgan fingerprint density at radius 3 is 2.50 bits per heavy atom. The van der Waals surface area contributed by atoms with Crippen LogP contribution in [0.25, 0.3) is 0 Å². The molecule has 0 saturated carbocycles. The largest absolute Gasteiger partial charge is 0.416 e. The molecule has 0 aromatic heterocycles. The first-order valence-electron chi connectivity index (χ1n) is 3.63. The van der Waals surface area contributed by atoms with Crippen molar-refractivity contribution in [3.05, 3.63) is 33.8 Å². The third-order valence-corrected chi connectivity index (χ3v) is 2.39. The fraction of sp³-hybridized carbons (Fsp3) is 0.250. The van der Waals surface area contributed by atoms with Gasteiger partial charge in [0.15, 0.2) is 0 Å². The summed E-state index contributed by atoms with van der Waals surface area (Å²) in [6, 6.07) is 3.80. The van der Waals surface area contributed by atoms with E-state index in [2.05, 4.69) is 20.8 Å². The number of benzene rings is 1. The minimum absolute atomic E-state index is 0.00231. The standard InChI is InChI=1S/C8H7BrF3NO/c9-7-3-1-2-6(8(10,11)12)5(7)4-14-13/h1-3H,4,13H2. The second-order valence-corrected chi connectivity index (χ2v) is 3.43. The predicted molar refractivity (Wildman–Crippen MR) is 48.1 cm³/mol. The summed E-state index contributed by atoms with van der Waals surface area (Å²) in [5.74, 6) is 4.75. The first-order chi connectivity index (χ1) is 6.46. The molecule has 0 saturated heterocycles. The molecule has 0 atom stereocenters. The van der Waals surface area contributed by atoms with Gasteiger partial charge in [-0.25, -0.2) is 5.90 Å². The van der Waals surface area contributed by atoms with Gasteiger partial charge in [-0.3, -0.25) is 4.84 Å². The molecule has 0 spiro atoms. The molecule has 1 rings (SSSR count). The van der Waals surface area contributed by atoms with Gasteiger partial charge in [-0.2, -0.15) is 13.2 Å². The van der Waals surface area contributed by atoms with Gasteiger partial charge in [0.05, 0.1) is 12.2 Å². The SMILES string of the molecule is NOCc1c(Br)cccc1C(F)(F)F. The van der Waals surface area contributed by atoms with Gasteiger partial charge >= 0.3 is 6.18 Å². The highest BCUT2D eigenvalue weighted by atomic mass is 79.9. The van der Waals surface area contributed by atoms with Crippen LogP contribution in [-0.4, -0.2) is 0 Å². The molecule has 0 aliphatic rings. The number of hydrogen-bond acceptors (Lipinski definition) is 2. The fourth-order valence-corrected chi connectivity index (χ4v) is 1.53. The molecule has 2 N–H and O–H groups in total. The number of nitrogens with two attached hydrogens (primary N) is 1. The van der Waals surface area contributed by atoms with E-state index >= 15 is 0 Å². The van der Waals surface area contributed by atoms with E-state index in [1.165, 1.54) is 12.1 Å². The first-order valence-corrected chi connectivity index (χ1v) is 4.42. The number of halogens is 4. The van der Waals surface area contributed by atoms with E-state index in [0.717, 1.165) is 6.07 Å². The van der Waals surface area contributed by atoms with E-state index in [4.69, 9.17) is 5.90 Å². The van der Waals surface area contributed by atoms with Crippen molar-refractivity contribution in [3.8, 4) is 0 Å². The molecule has 0 unspecified atom stereocenters. The molecule has 2 nitrogen and oxygen atoms in total. The van der Waals surface area contributed by atoms with Crippen molar-refractivity contribution in [2.24, 2.45) is 5.90 Å². The number of alkyl halides is 3. The highest BCUT2D eigenvalue weighted by Gasteiger charge is 2.33. The Morgan fingerprint density at radius 2 is 2.00 bits per heavy atom. The highest BCUT2D eigenvalue weighted by Crippen LogP contribution is 2.35. The Bertz CT molecular complexity index is 327. The normalized spacial score (nSPS) is 11.8. The zero-order valence-corrected chi connectivity index (χ0v) is 8.52. The summed E-state index contributed by atoms with van der Waals surface area (Å²) in [5.41, 5.74) is -0.736. The van der Waals surface area contributed by atoms with Crippen LogP contribution in [-0.2, 0) is 17.6 Å². The first kappa shape index (κ1) is 11.5. The van der Waals surface area contributed by atoms with Gasteiger partial charge in [0.1, 0.15) is 0 Å². The maximum atomic E-state index is 12.4. The summed E-state index contributed by atoms with van der Waals surface area (Å²) < 4.78 is 37.6. The van der Waals surface area contributed by atoms with E-state index < -0.39 is 11.7 Å². The van der Waals surface area contributed by atoms with E-state index in [1.54, 1.807) is 0 Å². The Balaban J connectivity index is 3.21. The van der Waals surface area contributed by atoms with Gasteiger partial charge in [0.2, 0.25) is 0 Å². The van der Waals surface area contributed by atoms with Gasteiger partial charge in [-0.1, -0.05) is 22.0 Å².